The third-order valence-electron chi connectivity index (χ3n) is 2.90. The first-order valence-corrected chi connectivity index (χ1v) is 7.41. The molecule has 0 radical (unpaired) electrons. The molecule has 4 heteroatoms. The Balaban J connectivity index is 2.23. The largest absolute Gasteiger partial charge is 0.496 e. The molecule has 0 spiro atoms. The van der Waals surface area contributed by atoms with E-state index in [0.29, 0.717) is 11.3 Å². The van der Waals surface area contributed by atoms with Crippen LogP contribution in [0, 0.1) is 3.57 Å². The Morgan fingerprint density at radius 1 is 1.10 bits per heavy atom. The summed E-state index contributed by atoms with van der Waals surface area (Å²) in [6, 6.07) is 13.4. The second-order valence-electron chi connectivity index (χ2n) is 4.54. The van der Waals surface area contributed by atoms with Gasteiger partial charge < -0.3 is 9.47 Å². The van der Waals surface area contributed by atoms with E-state index < -0.39 is 5.97 Å². The smallest absolute Gasteiger partial charge is 0.338 e. The van der Waals surface area contributed by atoms with Gasteiger partial charge in [0.25, 0.3) is 0 Å². The molecule has 0 aromatic heterocycles. The van der Waals surface area contributed by atoms with E-state index in [1.807, 2.05) is 30.3 Å². The first-order chi connectivity index (χ1) is 10.0. The van der Waals surface area contributed by atoms with Gasteiger partial charge in [0.2, 0.25) is 0 Å². The maximum absolute atomic E-state index is 11.4. The molecule has 21 heavy (non-hydrogen) atoms. The van der Waals surface area contributed by atoms with E-state index in [1.165, 1.54) is 0 Å². The van der Waals surface area contributed by atoms with Crippen LogP contribution in [0.15, 0.2) is 54.6 Å². The molecule has 108 valence electrons. The molecule has 0 amide bonds. The van der Waals surface area contributed by atoms with Crippen molar-refractivity contribution in [2.75, 3.05) is 7.11 Å². The van der Waals surface area contributed by atoms with Crippen LogP contribution in [0.25, 0.3) is 11.1 Å². The van der Waals surface area contributed by atoms with Crippen molar-refractivity contribution in [3.8, 4) is 22.6 Å². The number of ether oxygens (including phenoxy) is 2. The van der Waals surface area contributed by atoms with Gasteiger partial charge in [-0.25, -0.2) is 4.79 Å². The lowest BCUT2D eigenvalue weighted by atomic mass is 10.1. The van der Waals surface area contributed by atoms with Crippen LogP contribution in [0.4, 0.5) is 0 Å². The summed E-state index contributed by atoms with van der Waals surface area (Å²) >= 11 is 2.23. The zero-order valence-corrected chi connectivity index (χ0v) is 14.0. The van der Waals surface area contributed by atoms with Crippen LogP contribution < -0.4 is 9.47 Å². The fourth-order valence-electron chi connectivity index (χ4n) is 1.75. The third kappa shape index (κ3) is 3.85. The predicted molar refractivity (Wildman–Crippen MR) is 91.6 cm³/mol. The molecule has 2 rings (SSSR count). The molecule has 0 saturated carbocycles. The highest BCUT2D eigenvalue weighted by Gasteiger charge is 2.07. The van der Waals surface area contributed by atoms with Crippen LogP contribution in [-0.2, 0) is 4.79 Å². The Labute approximate surface area is 137 Å². The van der Waals surface area contributed by atoms with E-state index >= 15 is 0 Å². The van der Waals surface area contributed by atoms with Gasteiger partial charge in [0.15, 0.2) is 0 Å². The number of methoxy groups -OCH3 is 1. The molecule has 0 aliphatic carbocycles. The van der Waals surface area contributed by atoms with Crippen LogP contribution in [0.1, 0.15) is 6.92 Å². The van der Waals surface area contributed by atoms with Gasteiger partial charge in [-0.05, 0) is 64.9 Å². The molecule has 0 saturated heterocycles. The molecule has 2 aromatic carbocycles. The van der Waals surface area contributed by atoms with Crippen molar-refractivity contribution in [3.05, 3.63) is 58.2 Å². The maximum Gasteiger partial charge on any atom is 0.338 e. The summed E-state index contributed by atoms with van der Waals surface area (Å²) in [4.78, 5) is 11.4. The number of carbonyl (C=O) groups is 1. The zero-order chi connectivity index (χ0) is 15.4. The Morgan fingerprint density at radius 2 is 1.71 bits per heavy atom. The lowest BCUT2D eigenvalue weighted by Gasteiger charge is -2.08. The van der Waals surface area contributed by atoms with E-state index in [4.69, 9.17) is 9.47 Å². The van der Waals surface area contributed by atoms with Crippen molar-refractivity contribution in [3.63, 3.8) is 0 Å². The van der Waals surface area contributed by atoms with E-state index in [2.05, 4.69) is 29.2 Å². The van der Waals surface area contributed by atoms with Crippen molar-refractivity contribution in [2.24, 2.45) is 0 Å². The minimum Gasteiger partial charge on any atom is -0.496 e. The Kier molecular flexibility index (Phi) is 5.01. The maximum atomic E-state index is 11.4. The molecule has 0 aliphatic rings. The Bertz CT molecular complexity index is 675. The quantitative estimate of drug-likeness (QED) is 0.333. The lowest BCUT2D eigenvalue weighted by molar-refractivity contribution is -0.130. The van der Waals surface area contributed by atoms with Crippen LogP contribution in [0.2, 0.25) is 0 Å². The van der Waals surface area contributed by atoms with Crippen LogP contribution in [-0.4, -0.2) is 13.1 Å². The van der Waals surface area contributed by atoms with Crippen molar-refractivity contribution in [1.82, 2.24) is 0 Å². The second kappa shape index (κ2) is 6.76. The molecule has 0 heterocycles. The van der Waals surface area contributed by atoms with Crippen molar-refractivity contribution >= 4 is 28.6 Å². The monoisotopic (exact) mass is 394 g/mol. The second-order valence-corrected chi connectivity index (χ2v) is 5.71. The SMILES string of the molecule is C=C(C)C(=O)Oc1ccc(-c2ccc(I)c(OC)c2)cc1. The molecule has 0 fully saturated rings. The summed E-state index contributed by atoms with van der Waals surface area (Å²) in [5, 5.41) is 0. The number of rotatable bonds is 4. The van der Waals surface area contributed by atoms with E-state index in [9.17, 15) is 4.79 Å². The molecule has 0 atom stereocenters. The number of halogens is 1. The van der Waals surface area contributed by atoms with Crippen molar-refractivity contribution < 1.29 is 14.3 Å². The Morgan fingerprint density at radius 3 is 2.29 bits per heavy atom. The van der Waals surface area contributed by atoms with Crippen molar-refractivity contribution in [1.29, 1.82) is 0 Å². The first-order valence-electron chi connectivity index (χ1n) is 6.33. The highest BCUT2D eigenvalue weighted by atomic mass is 127. The van der Waals surface area contributed by atoms with Gasteiger partial charge in [0.05, 0.1) is 10.7 Å². The van der Waals surface area contributed by atoms with E-state index in [0.717, 1.165) is 20.4 Å². The summed E-state index contributed by atoms with van der Waals surface area (Å²) < 4.78 is 11.6. The van der Waals surface area contributed by atoms with Crippen LogP contribution >= 0.6 is 22.6 Å². The minimum atomic E-state index is -0.418. The highest BCUT2D eigenvalue weighted by molar-refractivity contribution is 14.1. The van der Waals surface area contributed by atoms with Gasteiger partial charge >= 0.3 is 5.97 Å². The van der Waals surface area contributed by atoms with Crippen molar-refractivity contribution in [2.45, 2.75) is 6.92 Å². The predicted octanol–water partition coefficient (Wildman–Crippen LogP) is 4.45. The van der Waals surface area contributed by atoms with E-state index in [1.54, 1.807) is 26.2 Å². The van der Waals surface area contributed by atoms with Gasteiger partial charge in [-0.3, -0.25) is 0 Å². The number of benzene rings is 2. The van der Waals surface area contributed by atoms with Gasteiger partial charge in [-0.1, -0.05) is 24.8 Å². The molecule has 0 unspecified atom stereocenters. The molecular formula is C17H15IO3. The number of esters is 1. The standard InChI is InChI=1S/C17H15IO3/c1-11(2)17(19)21-14-7-4-12(5-8-14)13-6-9-15(18)16(10-13)20-3/h4-10H,1H2,2-3H3. The molecular weight excluding hydrogens is 379 g/mol. The zero-order valence-electron chi connectivity index (χ0n) is 11.9. The average Bonchev–Trinajstić information content (AvgIpc) is 2.48. The molecule has 0 bridgehead atoms. The lowest BCUT2D eigenvalue weighted by Crippen LogP contribution is -2.07. The summed E-state index contributed by atoms with van der Waals surface area (Å²) in [5.41, 5.74) is 2.45. The summed E-state index contributed by atoms with van der Waals surface area (Å²) in [7, 11) is 1.65. The molecule has 0 N–H and O–H groups in total. The molecule has 2 aromatic rings. The first kappa shape index (κ1) is 15.6. The van der Waals surface area contributed by atoms with Gasteiger partial charge in [-0.2, -0.15) is 0 Å². The van der Waals surface area contributed by atoms with Crippen LogP contribution in [0.5, 0.6) is 11.5 Å². The fraction of sp³-hybridized carbons (Fsp3) is 0.118. The number of carbonyl (C=O) groups excluding carboxylic acids is 1. The summed E-state index contributed by atoms with van der Waals surface area (Å²) in [5.74, 6) is 0.925. The minimum absolute atomic E-state index is 0.376. The van der Waals surface area contributed by atoms with E-state index in [-0.39, 0.29) is 0 Å². The number of hydrogen-bond acceptors (Lipinski definition) is 3. The Hall–Kier alpha value is -1.82. The fourth-order valence-corrected chi connectivity index (χ4v) is 2.30. The summed E-state index contributed by atoms with van der Waals surface area (Å²) in [6.45, 7) is 5.17. The average molecular weight is 394 g/mol. The molecule has 3 nitrogen and oxygen atoms in total. The van der Waals surface area contributed by atoms with Gasteiger partial charge in [0.1, 0.15) is 11.5 Å². The molecule has 0 aliphatic heterocycles. The third-order valence-corrected chi connectivity index (χ3v) is 3.79. The normalized spacial score (nSPS) is 10.0. The summed E-state index contributed by atoms with van der Waals surface area (Å²) in [6.07, 6.45) is 0. The van der Waals surface area contributed by atoms with Gasteiger partial charge in [0, 0.05) is 5.57 Å². The highest BCUT2D eigenvalue weighted by Crippen LogP contribution is 2.29. The van der Waals surface area contributed by atoms with Gasteiger partial charge in [-0.15, -0.1) is 0 Å². The number of hydrogen-bond donors (Lipinski definition) is 0. The topological polar surface area (TPSA) is 35.5 Å². The van der Waals surface area contributed by atoms with Crippen LogP contribution in [0.3, 0.4) is 0 Å².